The molecule has 0 aliphatic rings. The number of amides is 1. The molecule has 2 aromatic heterocycles. The van der Waals surface area contributed by atoms with E-state index in [1.165, 1.54) is 35.6 Å². The zero-order chi connectivity index (χ0) is 28.1. The first-order valence-electron chi connectivity index (χ1n) is 12.0. The van der Waals surface area contributed by atoms with Crippen molar-refractivity contribution in [3.63, 3.8) is 0 Å². The van der Waals surface area contributed by atoms with Crippen LogP contribution in [0.3, 0.4) is 0 Å². The van der Waals surface area contributed by atoms with Gasteiger partial charge in [0.2, 0.25) is 0 Å². The van der Waals surface area contributed by atoms with Gasteiger partial charge >= 0.3 is 0 Å². The van der Waals surface area contributed by atoms with Gasteiger partial charge in [-0.15, -0.1) is 11.3 Å². The highest BCUT2D eigenvalue weighted by Crippen LogP contribution is 2.32. The van der Waals surface area contributed by atoms with Gasteiger partial charge in [0.05, 0.1) is 25.0 Å². The van der Waals surface area contributed by atoms with Gasteiger partial charge in [-0.1, -0.05) is 59.6 Å². The van der Waals surface area contributed by atoms with Crippen molar-refractivity contribution >= 4 is 56.9 Å². The summed E-state index contributed by atoms with van der Waals surface area (Å²) in [6.07, 6.45) is 2.84. The molecule has 8 nitrogen and oxygen atoms in total. The highest BCUT2D eigenvalue weighted by molar-refractivity contribution is 7.21. The van der Waals surface area contributed by atoms with Crippen LogP contribution in [0, 0.1) is 0 Å². The number of carbonyl (C=O) groups is 1. The molecule has 0 aliphatic heterocycles. The first kappa shape index (κ1) is 27.4. The molecule has 0 aliphatic carbocycles. The number of rotatable bonds is 9. The molecule has 11 heteroatoms. The van der Waals surface area contributed by atoms with Crippen molar-refractivity contribution in [2.75, 3.05) is 7.11 Å². The number of hydrogen-bond acceptors (Lipinski definition) is 7. The van der Waals surface area contributed by atoms with Crippen LogP contribution in [0.25, 0.3) is 20.7 Å². The largest absolute Gasteiger partial charge is 0.493 e. The summed E-state index contributed by atoms with van der Waals surface area (Å²) >= 11 is 13.9. The fourth-order valence-electron chi connectivity index (χ4n) is 3.89. The average molecular weight is 593 g/mol. The van der Waals surface area contributed by atoms with Gasteiger partial charge in [0.1, 0.15) is 18.0 Å². The van der Waals surface area contributed by atoms with Crippen LogP contribution in [-0.4, -0.2) is 28.8 Å². The summed E-state index contributed by atoms with van der Waals surface area (Å²) in [5, 5.41) is 5.49. The van der Waals surface area contributed by atoms with E-state index < -0.39 is 5.91 Å². The maximum Gasteiger partial charge on any atom is 0.262 e. The Balaban J connectivity index is 1.22. The quantitative estimate of drug-likeness (QED) is 0.163. The van der Waals surface area contributed by atoms with E-state index in [-0.39, 0.29) is 18.7 Å². The molecule has 0 fully saturated rings. The summed E-state index contributed by atoms with van der Waals surface area (Å²) in [6.45, 7) is -0.0618. The Morgan fingerprint density at radius 1 is 1.05 bits per heavy atom. The Hall–Kier alpha value is -4.18. The first-order valence-corrected chi connectivity index (χ1v) is 13.6. The monoisotopic (exact) mass is 592 g/mol. The zero-order valence-electron chi connectivity index (χ0n) is 21.1. The number of benzene rings is 3. The lowest BCUT2D eigenvalue weighted by molar-refractivity contribution is -0.121. The third-order valence-electron chi connectivity index (χ3n) is 5.91. The topological polar surface area (TPSA) is 94.8 Å². The summed E-state index contributed by atoms with van der Waals surface area (Å²) < 4.78 is 12.6. The van der Waals surface area contributed by atoms with Crippen LogP contribution in [0.4, 0.5) is 0 Å². The van der Waals surface area contributed by atoms with E-state index in [0.29, 0.717) is 42.9 Å². The normalized spacial score (nSPS) is 11.2. The maximum atomic E-state index is 13.0. The number of fused-ring (bicyclic) bond motifs is 1. The first-order chi connectivity index (χ1) is 19.4. The van der Waals surface area contributed by atoms with Gasteiger partial charge in [-0.25, -0.2) is 10.4 Å². The number of nitrogens with zero attached hydrogens (tertiary/aromatic N) is 3. The van der Waals surface area contributed by atoms with E-state index in [0.717, 1.165) is 10.4 Å². The Bertz CT molecular complexity index is 1750. The highest BCUT2D eigenvalue weighted by atomic mass is 35.5. The second-order valence-electron chi connectivity index (χ2n) is 8.57. The van der Waals surface area contributed by atoms with Gasteiger partial charge in [-0.3, -0.25) is 14.2 Å². The molecule has 2 heterocycles. The maximum absolute atomic E-state index is 13.0. The molecule has 0 spiro atoms. The van der Waals surface area contributed by atoms with Crippen LogP contribution < -0.4 is 20.5 Å². The van der Waals surface area contributed by atoms with Gasteiger partial charge in [-0.05, 0) is 47.5 Å². The number of aromatic nitrogens is 2. The van der Waals surface area contributed by atoms with Crippen molar-refractivity contribution in [3.05, 3.63) is 111 Å². The number of methoxy groups -OCH3 is 1. The van der Waals surface area contributed by atoms with Crippen LogP contribution in [-0.2, 0) is 17.9 Å². The van der Waals surface area contributed by atoms with Crippen LogP contribution in [0.15, 0.2) is 89.0 Å². The average Bonchev–Trinajstić information content (AvgIpc) is 3.41. The van der Waals surface area contributed by atoms with Gasteiger partial charge < -0.3 is 9.47 Å². The number of carbonyl (C=O) groups excluding carboxylic acids is 1. The molecule has 0 radical (unpaired) electrons. The minimum atomic E-state index is -0.471. The van der Waals surface area contributed by atoms with Crippen LogP contribution in [0.2, 0.25) is 10.0 Å². The predicted molar refractivity (Wildman–Crippen MR) is 159 cm³/mol. The molecule has 40 heavy (non-hydrogen) atoms. The Morgan fingerprint density at radius 2 is 1.82 bits per heavy atom. The van der Waals surface area contributed by atoms with Gasteiger partial charge in [0, 0.05) is 20.5 Å². The molecule has 1 amide bonds. The summed E-state index contributed by atoms with van der Waals surface area (Å²) in [7, 11) is 1.52. The van der Waals surface area contributed by atoms with Gasteiger partial charge in [0.25, 0.3) is 11.5 Å². The number of thiophene rings is 1. The summed E-state index contributed by atoms with van der Waals surface area (Å²) in [5.41, 5.74) is 4.49. The molecule has 0 unspecified atom stereocenters. The summed E-state index contributed by atoms with van der Waals surface area (Å²) in [4.78, 5) is 31.4. The fraction of sp³-hybridized carbons (Fsp3) is 0.103. The number of hydrogen-bond donors (Lipinski definition) is 1. The molecular weight excluding hydrogens is 571 g/mol. The third kappa shape index (κ3) is 6.17. The molecule has 0 atom stereocenters. The minimum Gasteiger partial charge on any atom is -0.493 e. The van der Waals surface area contributed by atoms with E-state index in [2.05, 4.69) is 15.5 Å². The van der Waals surface area contributed by atoms with Crippen molar-refractivity contribution in [2.45, 2.75) is 13.2 Å². The lowest BCUT2D eigenvalue weighted by Gasteiger charge is -2.13. The van der Waals surface area contributed by atoms with Crippen LogP contribution >= 0.6 is 34.5 Å². The Labute approximate surface area is 243 Å². The highest BCUT2D eigenvalue weighted by Gasteiger charge is 2.13. The second-order valence-corrected chi connectivity index (χ2v) is 10.4. The molecule has 0 bridgehead atoms. The molecule has 5 rings (SSSR count). The minimum absolute atomic E-state index is 0.164. The summed E-state index contributed by atoms with van der Waals surface area (Å²) in [5.74, 6) is 0.488. The van der Waals surface area contributed by atoms with E-state index in [1.54, 1.807) is 42.5 Å². The number of nitrogens with one attached hydrogen (secondary N) is 1. The van der Waals surface area contributed by atoms with E-state index in [4.69, 9.17) is 32.7 Å². The molecule has 5 aromatic rings. The molecule has 1 N–H and O–H groups in total. The second kappa shape index (κ2) is 12.3. The van der Waals surface area contributed by atoms with Crippen molar-refractivity contribution < 1.29 is 14.3 Å². The van der Waals surface area contributed by atoms with Crippen molar-refractivity contribution in [2.24, 2.45) is 5.10 Å². The molecule has 202 valence electrons. The zero-order valence-corrected chi connectivity index (χ0v) is 23.5. The van der Waals surface area contributed by atoms with Gasteiger partial charge in [-0.2, -0.15) is 5.10 Å². The van der Waals surface area contributed by atoms with Crippen molar-refractivity contribution in [1.82, 2.24) is 15.0 Å². The number of ether oxygens (including phenoxy) is 2. The van der Waals surface area contributed by atoms with Crippen molar-refractivity contribution in [3.8, 4) is 21.9 Å². The van der Waals surface area contributed by atoms with E-state index in [1.807, 2.05) is 30.3 Å². The van der Waals surface area contributed by atoms with Gasteiger partial charge in [0.15, 0.2) is 11.5 Å². The molecule has 0 saturated heterocycles. The number of hydrazone groups is 1. The standard InChI is InChI=1S/C29H22Cl2N4O4S/c1-38-25-12-18(10-11-24(25)39-16-21-22(30)8-5-9-23(21)31)14-33-34-27(36)15-35-17-32-28-20(29(35)37)13-26(40-28)19-6-3-2-4-7-19/h2-14,17H,15-16H2,1H3,(H,34,36)/b33-14+. The Morgan fingerprint density at radius 3 is 2.58 bits per heavy atom. The Kier molecular flexibility index (Phi) is 8.45. The lowest BCUT2D eigenvalue weighted by atomic mass is 10.2. The summed E-state index contributed by atoms with van der Waals surface area (Å²) in [6, 6.07) is 22.0. The molecular formula is C29H22Cl2N4O4S. The molecule has 3 aromatic carbocycles. The van der Waals surface area contributed by atoms with E-state index in [9.17, 15) is 9.59 Å². The van der Waals surface area contributed by atoms with E-state index >= 15 is 0 Å². The SMILES string of the molecule is COc1cc(/C=N/NC(=O)Cn2cnc3sc(-c4ccccc4)cc3c2=O)ccc1OCc1c(Cl)cccc1Cl. The predicted octanol–water partition coefficient (Wildman–Crippen LogP) is 6.17. The molecule has 0 saturated carbocycles. The van der Waals surface area contributed by atoms with Crippen molar-refractivity contribution in [1.29, 1.82) is 0 Å². The third-order valence-corrected chi connectivity index (χ3v) is 7.71. The lowest BCUT2D eigenvalue weighted by Crippen LogP contribution is -2.29. The number of halogens is 2. The fourth-order valence-corrected chi connectivity index (χ4v) is 5.39. The van der Waals surface area contributed by atoms with Crippen LogP contribution in [0.1, 0.15) is 11.1 Å². The van der Waals surface area contributed by atoms with Crippen LogP contribution in [0.5, 0.6) is 11.5 Å². The smallest absolute Gasteiger partial charge is 0.262 e.